The second-order valence-corrected chi connectivity index (χ2v) is 11.1. The van der Waals surface area contributed by atoms with E-state index in [-0.39, 0.29) is 22.9 Å². The average molecular weight is 534 g/mol. The Bertz CT molecular complexity index is 1530. The molecule has 0 bridgehead atoms. The van der Waals surface area contributed by atoms with Crippen molar-refractivity contribution in [3.05, 3.63) is 95.2 Å². The highest BCUT2D eigenvalue weighted by atomic mass is 19.4. The van der Waals surface area contributed by atoms with Crippen molar-refractivity contribution < 1.29 is 22.8 Å². The number of nitrogens with zero attached hydrogens (tertiary/aromatic N) is 1. The maximum Gasteiger partial charge on any atom is 0.416 e. The van der Waals surface area contributed by atoms with E-state index < -0.39 is 17.6 Å². The number of alkyl halides is 3. The van der Waals surface area contributed by atoms with Gasteiger partial charge in [-0.2, -0.15) is 13.2 Å². The van der Waals surface area contributed by atoms with Crippen LogP contribution in [0.3, 0.4) is 0 Å². The zero-order valence-corrected chi connectivity index (χ0v) is 22.0. The maximum atomic E-state index is 13.4. The summed E-state index contributed by atoms with van der Waals surface area (Å²) in [6, 6.07) is 19.9. The van der Waals surface area contributed by atoms with E-state index >= 15 is 0 Å². The van der Waals surface area contributed by atoms with Crippen molar-refractivity contribution in [1.29, 1.82) is 0 Å². The molecular weight excluding hydrogens is 503 g/mol. The van der Waals surface area contributed by atoms with E-state index in [4.69, 9.17) is 0 Å². The number of carbonyl (C=O) groups is 2. The van der Waals surface area contributed by atoms with Crippen LogP contribution < -0.4 is 10.6 Å². The quantitative estimate of drug-likeness (QED) is 0.268. The van der Waals surface area contributed by atoms with E-state index in [0.717, 1.165) is 41.4 Å². The van der Waals surface area contributed by atoms with Gasteiger partial charge in [0.05, 0.1) is 5.56 Å². The summed E-state index contributed by atoms with van der Waals surface area (Å²) in [5.74, 6) is -0.389. The van der Waals surface area contributed by atoms with Gasteiger partial charge in [-0.15, -0.1) is 0 Å². The minimum absolute atomic E-state index is 0.00649. The summed E-state index contributed by atoms with van der Waals surface area (Å²) in [6.07, 6.45) is -2.66. The van der Waals surface area contributed by atoms with Gasteiger partial charge in [-0.1, -0.05) is 45.0 Å². The summed E-state index contributed by atoms with van der Waals surface area (Å²) in [5, 5.41) is 6.44. The predicted molar refractivity (Wildman–Crippen MR) is 147 cm³/mol. The number of fused-ring (bicyclic) bond motifs is 1. The molecule has 1 saturated carbocycles. The lowest BCUT2D eigenvalue weighted by Crippen LogP contribution is -2.18. The molecule has 1 aromatic heterocycles. The Kier molecular flexibility index (Phi) is 6.74. The fourth-order valence-corrected chi connectivity index (χ4v) is 4.53. The van der Waals surface area contributed by atoms with E-state index in [1.807, 2.05) is 34.9 Å². The molecule has 1 fully saturated rings. The second-order valence-electron chi connectivity index (χ2n) is 11.1. The molecule has 2 N–H and O–H groups in total. The second kappa shape index (κ2) is 9.91. The van der Waals surface area contributed by atoms with Gasteiger partial charge in [0.25, 0.3) is 5.91 Å². The summed E-state index contributed by atoms with van der Waals surface area (Å²) in [6.45, 7) is 6.84. The molecule has 4 aromatic rings. The van der Waals surface area contributed by atoms with Crippen LogP contribution in [0.15, 0.2) is 72.8 Å². The largest absolute Gasteiger partial charge is 0.416 e. The molecule has 0 atom stereocenters. The van der Waals surface area contributed by atoms with Crippen LogP contribution in [0.25, 0.3) is 10.9 Å². The Hall–Kier alpha value is -4.07. The molecule has 1 heterocycles. The van der Waals surface area contributed by atoms with Crippen LogP contribution in [0.5, 0.6) is 0 Å². The van der Waals surface area contributed by atoms with Crippen molar-refractivity contribution in [2.45, 2.75) is 51.7 Å². The third-order valence-electron chi connectivity index (χ3n) is 6.98. The van der Waals surface area contributed by atoms with E-state index in [1.54, 1.807) is 6.07 Å². The minimum atomic E-state index is -4.45. The van der Waals surface area contributed by atoms with Crippen LogP contribution in [0.4, 0.5) is 24.5 Å². The molecule has 39 heavy (non-hydrogen) atoms. The summed E-state index contributed by atoms with van der Waals surface area (Å²) >= 11 is 0. The van der Waals surface area contributed by atoms with Crippen LogP contribution in [0.1, 0.15) is 60.8 Å². The van der Waals surface area contributed by atoms with Crippen LogP contribution in [0, 0.1) is 5.92 Å². The number of aromatic nitrogens is 1. The lowest BCUT2D eigenvalue weighted by molar-refractivity contribution is -0.137. The number of anilines is 2. The number of hydrogen-bond acceptors (Lipinski definition) is 2. The molecule has 1 aliphatic carbocycles. The third kappa shape index (κ3) is 6.00. The smallest absolute Gasteiger partial charge is 0.332 e. The first-order chi connectivity index (χ1) is 18.4. The molecule has 0 unspecified atom stereocenters. The van der Waals surface area contributed by atoms with Crippen LogP contribution >= 0.6 is 0 Å². The molecule has 0 radical (unpaired) electrons. The van der Waals surface area contributed by atoms with Gasteiger partial charge in [0, 0.05) is 34.7 Å². The number of rotatable bonds is 6. The van der Waals surface area contributed by atoms with Gasteiger partial charge < -0.3 is 15.2 Å². The topological polar surface area (TPSA) is 63.1 Å². The number of nitrogens with one attached hydrogen (secondary N) is 2. The van der Waals surface area contributed by atoms with Crippen LogP contribution in [-0.4, -0.2) is 16.4 Å². The average Bonchev–Trinajstić information content (AvgIpc) is 3.66. The van der Waals surface area contributed by atoms with Gasteiger partial charge in [-0.25, -0.2) is 0 Å². The van der Waals surface area contributed by atoms with Crippen molar-refractivity contribution in [2.24, 2.45) is 5.92 Å². The summed E-state index contributed by atoms with van der Waals surface area (Å²) in [4.78, 5) is 25.7. The summed E-state index contributed by atoms with van der Waals surface area (Å²) in [5.41, 5.74) is 3.49. The number of amides is 2. The molecule has 1 aliphatic rings. The summed E-state index contributed by atoms with van der Waals surface area (Å²) in [7, 11) is 0. The number of hydrogen-bond donors (Lipinski definition) is 2. The molecule has 2 amide bonds. The number of carbonyl (C=O) groups excluding carboxylic acids is 2. The molecular formula is C31H30F3N3O2. The molecule has 0 spiro atoms. The highest BCUT2D eigenvalue weighted by Crippen LogP contribution is 2.32. The van der Waals surface area contributed by atoms with Crippen molar-refractivity contribution in [2.75, 3.05) is 10.6 Å². The van der Waals surface area contributed by atoms with Gasteiger partial charge in [-0.05, 0) is 77.9 Å². The molecule has 0 saturated heterocycles. The molecule has 8 heteroatoms. The lowest BCUT2D eigenvalue weighted by atomic mass is 9.87. The SMILES string of the molecule is CC(C)(C)c1ccc(Cn2c(C(=O)Nc3ccc(C(F)(F)F)cc3)cc3cc(NC(=O)C4CC4)ccc32)cc1. The Morgan fingerprint density at radius 3 is 2.03 bits per heavy atom. The maximum absolute atomic E-state index is 13.4. The zero-order chi connectivity index (χ0) is 27.9. The molecule has 3 aromatic carbocycles. The Morgan fingerprint density at radius 1 is 0.821 bits per heavy atom. The van der Waals surface area contributed by atoms with Gasteiger partial charge in [0.1, 0.15) is 5.69 Å². The van der Waals surface area contributed by atoms with Gasteiger partial charge in [0.2, 0.25) is 5.91 Å². The fraction of sp³-hybridized carbons (Fsp3) is 0.290. The highest BCUT2D eigenvalue weighted by molar-refractivity contribution is 6.07. The van der Waals surface area contributed by atoms with Crippen LogP contribution in [0.2, 0.25) is 0 Å². The van der Waals surface area contributed by atoms with Crippen molar-refractivity contribution in [1.82, 2.24) is 4.57 Å². The lowest BCUT2D eigenvalue weighted by Gasteiger charge is -2.19. The van der Waals surface area contributed by atoms with Crippen molar-refractivity contribution in [3.8, 4) is 0 Å². The van der Waals surface area contributed by atoms with Gasteiger partial charge in [0.15, 0.2) is 0 Å². The van der Waals surface area contributed by atoms with Crippen molar-refractivity contribution >= 4 is 34.1 Å². The first-order valence-electron chi connectivity index (χ1n) is 12.9. The Morgan fingerprint density at radius 2 is 1.44 bits per heavy atom. The van der Waals surface area contributed by atoms with Crippen molar-refractivity contribution in [3.63, 3.8) is 0 Å². The normalized spacial score (nSPS) is 13.9. The van der Waals surface area contributed by atoms with Crippen LogP contribution in [-0.2, 0) is 22.9 Å². The van der Waals surface area contributed by atoms with E-state index in [2.05, 4.69) is 43.5 Å². The number of benzene rings is 3. The van der Waals surface area contributed by atoms with Gasteiger partial charge >= 0.3 is 6.18 Å². The minimum Gasteiger partial charge on any atom is -0.332 e. The number of halogens is 3. The highest BCUT2D eigenvalue weighted by Gasteiger charge is 2.31. The molecule has 5 rings (SSSR count). The molecule has 202 valence electrons. The monoisotopic (exact) mass is 533 g/mol. The zero-order valence-electron chi connectivity index (χ0n) is 22.0. The Balaban J connectivity index is 1.47. The predicted octanol–water partition coefficient (Wildman–Crippen LogP) is 7.61. The molecule has 0 aliphatic heterocycles. The first kappa shape index (κ1) is 26.5. The molecule has 5 nitrogen and oxygen atoms in total. The standard InChI is InChI=1S/C31H30F3N3O2/c1-30(2,3)22-8-4-19(5-9-22)18-37-26-15-14-25(36-28(38)20-6-7-20)16-21(26)17-27(37)29(39)35-24-12-10-23(11-13-24)31(32,33)34/h4-5,8-17,20H,6-7,18H2,1-3H3,(H,35,39)(H,36,38). The first-order valence-corrected chi connectivity index (χ1v) is 12.9. The van der Waals surface area contributed by atoms with E-state index in [0.29, 0.717) is 17.9 Å². The summed E-state index contributed by atoms with van der Waals surface area (Å²) < 4.78 is 40.8. The van der Waals surface area contributed by atoms with Gasteiger partial charge in [-0.3, -0.25) is 9.59 Å². The third-order valence-corrected chi connectivity index (χ3v) is 6.98. The van der Waals surface area contributed by atoms with E-state index in [9.17, 15) is 22.8 Å². The Labute approximate surface area is 225 Å². The van der Waals surface area contributed by atoms with E-state index in [1.165, 1.54) is 17.7 Å². The fourth-order valence-electron chi connectivity index (χ4n) is 4.53.